The monoisotopic (exact) mass is 406 g/mol. The number of carbonyl (C=O) groups excluding carboxylic acids is 1. The highest BCUT2D eigenvalue weighted by molar-refractivity contribution is 5.91. The largest absolute Gasteiger partial charge is 0.460 e. The summed E-state index contributed by atoms with van der Waals surface area (Å²) in [5.74, 6) is 0.720. The van der Waals surface area contributed by atoms with Gasteiger partial charge >= 0.3 is 6.01 Å². The molecular formula is C24H30N4O2. The lowest BCUT2D eigenvalue weighted by molar-refractivity contribution is -0.117. The van der Waals surface area contributed by atoms with Crippen LogP contribution < -0.4 is 10.1 Å². The molecule has 1 heterocycles. The number of rotatable bonds is 6. The molecule has 0 aliphatic carbocycles. The third-order valence-corrected chi connectivity index (χ3v) is 4.40. The van der Waals surface area contributed by atoms with Crippen molar-refractivity contribution in [3.8, 4) is 23.1 Å². The Labute approximate surface area is 178 Å². The molecule has 0 unspecified atom stereocenters. The molecule has 0 spiro atoms. The molecule has 0 atom stereocenters. The molecule has 3 aromatic rings. The molecule has 30 heavy (non-hydrogen) atoms. The number of nitrogens with one attached hydrogen (secondary N) is 1. The molecule has 0 radical (unpaired) electrons. The number of anilines is 1. The molecule has 3 rings (SSSR count). The van der Waals surface area contributed by atoms with E-state index < -0.39 is 0 Å². The molecule has 1 aromatic heterocycles. The van der Waals surface area contributed by atoms with Crippen molar-refractivity contribution < 1.29 is 9.53 Å². The highest BCUT2D eigenvalue weighted by atomic mass is 16.5. The summed E-state index contributed by atoms with van der Waals surface area (Å²) in [6.07, 6.45) is 0.441. The first-order valence-corrected chi connectivity index (χ1v) is 10.2. The smallest absolute Gasteiger partial charge is 0.336 e. The van der Waals surface area contributed by atoms with E-state index in [-0.39, 0.29) is 17.4 Å². The second kappa shape index (κ2) is 8.69. The minimum atomic E-state index is -0.0555. The van der Waals surface area contributed by atoms with Crippen LogP contribution in [0.25, 0.3) is 17.1 Å². The number of aromatic nitrogens is 3. The molecule has 0 bridgehead atoms. The highest BCUT2D eigenvalue weighted by Crippen LogP contribution is 2.27. The Bertz CT molecular complexity index is 1010. The summed E-state index contributed by atoms with van der Waals surface area (Å²) in [5, 5.41) is 7.53. The zero-order valence-corrected chi connectivity index (χ0v) is 18.6. The van der Waals surface area contributed by atoms with Crippen LogP contribution in [0.5, 0.6) is 6.01 Å². The Hall–Kier alpha value is -3.15. The number of benzene rings is 2. The Morgan fingerprint density at radius 1 is 1.10 bits per heavy atom. The van der Waals surface area contributed by atoms with Crippen molar-refractivity contribution in [2.75, 3.05) is 5.32 Å². The predicted octanol–water partition coefficient (Wildman–Crippen LogP) is 5.40. The van der Waals surface area contributed by atoms with Crippen molar-refractivity contribution in [1.29, 1.82) is 0 Å². The van der Waals surface area contributed by atoms with Crippen molar-refractivity contribution >= 4 is 11.6 Å². The van der Waals surface area contributed by atoms with Crippen LogP contribution in [0.4, 0.5) is 5.69 Å². The number of aryl methyl sites for hydroxylation is 1. The summed E-state index contributed by atoms with van der Waals surface area (Å²) in [6.45, 7) is 12.1. The summed E-state index contributed by atoms with van der Waals surface area (Å²) in [4.78, 5) is 16.8. The minimum absolute atomic E-state index is 0.00391. The molecular weight excluding hydrogens is 376 g/mol. The summed E-state index contributed by atoms with van der Waals surface area (Å²) in [7, 11) is 0. The Morgan fingerprint density at radius 3 is 2.37 bits per heavy atom. The van der Waals surface area contributed by atoms with E-state index in [0.29, 0.717) is 18.3 Å². The fraction of sp³-hybridized carbons (Fsp3) is 0.375. The van der Waals surface area contributed by atoms with Gasteiger partial charge in [-0.15, -0.1) is 5.10 Å². The number of amides is 1. The van der Waals surface area contributed by atoms with E-state index in [2.05, 4.69) is 15.4 Å². The molecule has 0 saturated carbocycles. The van der Waals surface area contributed by atoms with E-state index in [0.717, 1.165) is 22.5 Å². The average molecular weight is 407 g/mol. The number of hydrogen-bond acceptors (Lipinski definition) is 4. The van der Waals surface area contributed by atoms with Crippen LogP contribution in [-0.2, 0) is 4.79 Å². The third-order valence-electron chi connectivity index (χ3n) is 4.40. The molecule has 1 N–H and O–H groups in total. The molecule has 0 aliphatic rings. The van der Waals surface area contributed by atoms with Gasteiger partial charge in [0.05, 0.1) is 11.8 Å². The van der Waals surface area contributed by atoms with Gasteiger partial charge in [-0.05, 0) is 56.0 Å². The van der Waals surface area contributed by atoms with Crippen molar-refractivity contribution in [1.82, 2.24) is 14.8 Å². The number of ether oxygens (including phenoxy) is 1. The summed E-state index contributed by atoms with van der Waals surface area (Å²) in [5.41, 5.74) is 3.64. The Balaban J connectivity index is 1.92. The average Bonchev–Trinajstić information content (AvgIpc) is 3.04. The molecule has 0 fully saturated rings. The summed E-state index contributed by atoms with van der Waals surface area (Å²) >= 11 is 0. The third kappa shape index (κ3) is 5.47. The van der Waals surface area contributed by atoms with Crippen LogP contribution in [0.3, 0.4) is 0 Å². The van der Waals surface area contributed by atoms with E-state index in [9.17, 15) is 4.79 Å². The van der Waals surface area contributed by atoms with Gasteiger partial charge < -0.3 is 10.1 Å². The van der Waals surface area contributed by atoms with E-state index in [4.69, 9.17) is 4.74 Å². The van der Waals surface area contributed by atoms with Crippen LogP contribution in [0.2, 0.25) is 0 Å². The molecule has 1 amide bonds. The first-order chi connectivity index (χ1) is 14.1. The van der Waals surface area contributed by atoms with E-state index >= 15 is 0 Å². The SMILES string of the molecule is Cc1ccccc1-c1nc(OC(C)C)nn1-c1ccc(NC(=O)CC(C)(C)C)cc1. The first kappa shape index (κ1) is 21.6. The van der Waals surface area contributed by atoms with Crippen LogP contribution in [0, 0.1) is 12.3 Å². The van der Waals surface area contributed by atoms with Crippen molar-refractivity contribution in [3.05, 3.63) is 54.1 Å². The summed E-state index contributed by atoms with van der Waals surface area (Å²) in [6, 6.07) is 16.0. The number of hydrogen-bond donors (Lipinski definition) is 1. The zero-order chi connectivity index (χ0) is 21.9. The van der Waals surface area contributed by atoms with Gasteiger partial charge in [-0.3, -0.25) is 4.79 Å². The van der Waals surface area contributed by atoms with E-state index in [1.165, 1.54) is 0 Å². The lowest BCUT2D eigenvalue weighted by atomic mass is 9.92. The fourth-order valence-electron chi connectivity index (χ4n) is 3.10. The van der Waals surface area contributed by atoms with Crippen LogP contribution in [0.1, 0.15) is 46.6 Å². The second-order valence-corrected chi connectivity index (χ2v) is 8.94. The van der Waals surface area contributed by atoms with Gasteiger partial charge in [0.25, 0.3) is 0 Å². The first-order valence-electron chi connectivity index (χ1n) is 10.2. The molecule has 6 nitrogen and oxygen atoms in total. The van der Waals surface area contributed by atoms with E-state index in [1.807, 2.05) is 90.1 Å². The van der Waals surface area contributed by atoms with Crippen molar-refractivity contribution in [3.63, 3.8) is 0 Å². The molecule has 158 valence electrons. The van der Waals surface area contributed by atoms with Gasteiger partial charge in [0.2, 0.25) is 5.91 Å². The minimum Gasteiger partial charge on any atom is -0.460 e. The molecule has 0 saturated heterocycles. The van der Waals surface area contributed by atoms with Crippen LogP contribution >= 0.6 is 0 Å². The van der Waals surface area contributed by atoms with Gasteiger partial charge in [0.15, 0.2) is 5.82 Å². The zero-order valence-electron chi connectivity index (χ0n) is 18.6. The Morgan fingerprint density at radius 2 is 1.77 bits per heavy atom. The maximum atomic E-state index is 12.2. The topological polar surface area (TPSA) is 69.0 Å². The number of nitrogens with zero attached hydrogens (tertiary/aromatic N) is 3. The van der Waals surface area contributed by atoms with Gasteiger partial charge in [0, 0.05) is 17.7 Å². The second-order valence-electron chi connectivity index (χ2n) is 8.94. The number of carbonyl (C=O) groups is 1. The van der Waals surface area contributed by atoms with Gasteiger partial charge in [0.1, 0.15) is 0 Å². The van der Waals surface area contributed by atoms with Gasteiger partial charge in [-0.1, -0.05) is 45.0 Å². The summed E-state index contributed by atoms with van der Waals surface area (Å²) < 4.78 is 7.52. The van der Waals surface area contributed by atoms with Gasteiger partial charge in [-0.2, -0.15) is 4.98 Å². The standard InChI is InChI=1S/C24H30N4O2/c1-16(2)30-23-26-22(20-10-8-7-9-17(20)3)28(27-23)19-13-11-18(12-14-19)25-21(29)15-24(4,5)6/h7-14,16H,15H2,1-6H3,(H,25,29). The van der Waals surface area contributed by atoms with Crippen LogP contribution in [0.15, 0.2) is 48.5 Å². The van der Waals surface area contributed by atoms with Crippen molar-refractivity contribution in [2.24, 2.45) is 5.41 Å². The Kier molecular flexibility index (Phi) is 6.25. The molecule has 6 heteroatoms. The van der Waals surface area contributed by atoms with E-state index in [1.54, 1.807) is 4.68 Å². The molecule has 0 aliphatic heterocycles. The normalized spacial score (nSPS) is 11.6. The maximum Gasteiger partial charge on any atom is 0.336 e. The molecule has 2 aromatic carbocycles. The maximum absolute atomic E-state index is 12.2. The van der Waals surface area contributed by atoms with Gasteiger partial charge in [-0.25, -0.2) is 4.68 Å². The van der Waals surface area contributed by atoms with Crippen molar-refractivity contribution in [2.45, 2.75) is 54.1 Å². The lowest BCUT2D eigenvalue weighted by Gasteiger charge is -2.17. The quantitative estimate of drug-likeness (QED) is 0.595. The lowest BCUT2D eigenvalue weighted by Crippen LogP contribution is -2.19. The predicted molar refractivity (Wildman–Crippen MR) is 120 cm³/mol. The van der Waals surface area contributed by atoms with Crippen LogP contribution in [-0.4, -0.2) is 26.8 Å². The fourth-order valence-corrected chi connectivity index (χ4v) is 3.10. The highest BCUT2D eigenvalue weighted by Gasteiger charge is 2.18.